The van der Waals surface area contributed by atoms with Crippen LogP contribution in [0.2, 0.25) is 0 Å². The number of hydrogen-bond acceptors (Lipinski definition) is 4. The number of alkyl halides is 5. The molecule has 2 saturated carbocycles. The fourth-order valence-electron chi connectivity index (χ4n) is 8.65. The molecule has 1 N–H and O–H groups in total. The van der Waals surface area contributed by atoms with Crippen molar-refractivity contribution in [1.82, 2.24) is 4.31 Å². The third kappa shape index (κ3) is 4.75. The molecule has 242 valence electrons. The third-order valence-corrected chi connectivity index (χ3v) is 12.9. The molecule has 5 nitrogen and oxygen atoms in total. The van der Waals surface area contributed by atoms with Crippen LogP contribution in [0.3, 0.4) is 0 Å². The Hall–Kier alpha value is -2.89. The summed E-state index contributed by atoms with van der Waals surface area (Å²) in [5, 5.41) is 11.4. The molecule has 4 aliphatic carbocycles. The van der Waals surface area contributed by atoms with Crippen LogP contribution in [0.15, 0.2) is 76.2 Å². The molecule has 2 unspecified atom stereocenters. The predicted octanol–water partition coefficient (Wildman–Crippen LogP) is 7.43. The summed E-state index contributed by atoms with van der Waals surface area (Å²) >= 11 is 0. The second-order valence-electron chi connectivity index (χ2n) is 13.4. The summed E-state index contributed by atoms with van der Waals surface area (Å²) < 4.78 is 97.9. The number of rotatable bonds is 5. The third-order valence-electron chi connectivity index (χ3n) is 11.0. The molecule has 2 aromatic rings. The maximum Gasteiger partial charge on any atom is 0.456 e. The fraction of sp³-hybridized carbons (Fsp3) is 0.500. The Morgan fingerprint density at radius 3 is 2.07 bits per heavy atom. The Bertz CT molecular complexity index is 1690. The van der Waals surface area contributed by atoms with Gasteiger partial charge in [0.1, 0.15) is 5.60 Å². The first-order chi connectivity index (χ1) is 20.9. The number of fused-ring (bicyclic) bond motifs is 4. The van der Waals surface area contributed by atoms with Crippen LogP contribution in [0.4, 0.5) is 22.0 Å². The van der Waals surface area contributed by atoms with Crippen molar-refractivity contribution in [3.63, 3.8) is 0 Å². The van der Waals surface area contributed by atoms with Crippen molar-refractivity contribution < 1.29 is 40.3 Å². The molecule has 6 rings (SSSR count). The van der Waals surface area contributed by atoms with Gasteiger partial charge in [-0.25, -0.2) is 12.7 Å². The van der Waals surface area contributed by atoms with Crippen LogP contribution < -0.4 is 0 Å². The van der Waals surface area contributed by atoms with E-state index in [9.17, 15) is 31.5 Å². The number of benzene rings is 2. The summed E-state index contributed by atoms with van der Waals surface area (Å²) in [4.78, 5) is 12.4. The standard InChI is InChI=1S/C34H36F5NO4S/c1-31-19-28(22-6-4-20(5-7-22)21-8-12-25(13-9-21)45(43,44)40(2)3)30-26-15-11-24(41)18-23(26)10-14-27(30)29(31)16-17-32(31,42)33(35,36)34(37,38)39/h4-9,12-13,18,27-29,42H,10-11,14-17,19H2,1-3H3/t27?,28-,29?,31+,32-/m1/s1. The van der Waals surface area contributed by atoms with E-state index < -0.39 is 51.4 Å². The first kappa shape index (κ1) is 32.1. The van der Waals surface area contributed by atoms with Gasteiger partial charge in [0.15, 0.2) is 5.78 Å². The van der Waals surface area contributed by atoms with Crippen molar-refractivity contribution in [2.75, 3.05) is 14.1 Å². The Labute approximate surface area is 259 Å². The quantitative estimate of drug-likeness (QED) is 0.342. The van der Waals surface area contributed by atoms with Gasteiger partial charge in [-0.05, 0) is 96.4 Å². The molecule has 0 radical (unpaired) electrons. The van der Waals surface area contributed by atoms with Gasteiger partial charge in [-0.1, -0.05) is 48.9 Å². The van der Waals surface area contributed by atoms with E-state index in [0.29, 0.717) is 25.7 Å². The van der Waals surface area contributed by atoms with Crippen LogP contribution in [-0.4, -0.2) is 55.4 Å². The summed E-state index contributed by atoms with van der Waals surface area (Å²) in [5.74, 6) is -6.65. The van der Waals surface area contributed by atoms with Gasteiger partial charge in [-0.2, -0.15) is 22.0 Å². The molecule has 0 amide bonds. The summed E-state index contributed by atoms with van der Waals surface area (Å²) in [6.07, 6.45) is -3.05. The SMILES string of the molecule is CN(C)S(=O)(=O)c1ccc(-c2ccc([C@H]3C[C@@]4(C)C(CC[C@]4(O)C(F)(F)C(F)(F)F)C4CCC5=CC(=O)CCC5=C43)cc2)cc1. The number of aliphatic hydroxyl groups is 1. The zero-order valence-electron chi connectivity index (χ0n) is 25.3. The molecular formula is C34H36F5NO4S. The van der Waals surface area contributed by atoms with E-state index in [-0.39, 0.29) is 29.4 Å². The maximum absolute atomic E-state index is 15.2. The van der Waals surface area contributed by atoms with Crippen LogP contribution in [0, 0.1) is 17.3 Å². The highest BCUT2D eigenvalue weighted by Crippen LogP contribution is 2.70. The normalized spacial score (nSPS) is 30.6. The molecule has 45 heavy (non-hydrogen) atoms. The lowest BCUT2D eigenvalue weighted by Crippen LogP contribution is -2.65. The molecule has 4 aliphatic rings. The topological polar surface area (TPSA) is 74.7 Å². The highest BCUT2D eigenvalue weighted by molar-refractivity contribution is 7.89. The summed E-state index contributed by atoms with van der Waals surface area (Å²) in [6, 6.07) is 13.7. The molecule has 5 atom stereocenters. The first-order valence-electron chi connectivity index (χ1n) is 15.2. The average molecular weight is 650 g/mol. The highest BCUT2D eigenvalue weighted by Gasteiger charge is 2.79. The van der Waals surface area contributed by atoms with Gasteiger partial charge in [-0.3, -0.25) is 4.79 Å². The number of sulfonamides is 1. The van der Waals surface area contributed by atoms with E-state index in [1.54, 1.807) is 18.2 Å². The van der Waals surface area contributed by atoms with Gasteiger partial charge in [0, 0.05) is 31.8 Å². The highest BCUT2D eigenvalue weighted by atomic mass is 32.2. The van der Waals surface area contributed by atoms with Gasteiger partial charge in [0.2, 0.25) is 10.0 Å². The molecular weight excluding hydrogens is 613 g/mol. The lowest BCUT2D eigenvalue weighted by atomic mass is 9.50. The minimum absolute atomic E-state index is 0.0267. The monoisotopic (exact) mass is 649 g/mol. The van der Waals surface area contributed by atoms with Crippen molar-refractivity contribution in [2.45, 2.75) is 80.4 Å². The van der Waals surface area contributed by atoms with E-state index in [2.05, 4.69) is 0 Å². The molecule has 2 fully saturated rings. The minimum atomic E-state index is -5.90. The van der Waals surface area contributed by atoms with Crippen LogP contribution >= 0.6 is 0 Å². The molecule has 0 saturated heterocycles. The predicted molar refractivity (Wildman–Crippen MR) is 159 cm³/mol. The Morgan fingerprint density at radius 1 is 0.889 bits per heavy atom. The summed E-state index contributed by atoms with van der Waals surface area (Å²) in [5.41, 5.74) is 0.220. The summed E-state index contributed by atoms with van der Waals surface area (Å²) in [6.45, 7) is 1.41. The number of ketones is 1. The van der Waals surface area contributed by atoms with Gasteiger partial charge < -0.3 is 5.11 Å². The van der Waals surface area contributed by atoms with E-state index in [4.69, 9.17) is 0 Å². The molecule has 0 aliphatic heterocycles. The molecule has 11 heteroatoms. The van der Waals surface area contributed by atoms with Crippen molar-refractivity contribution in [3.8, 4) is 11.1 Å². The van der Waals surface area contributed by atoms with Gasteiger partial charge in [0.25, 0.3) is 0 Å². The molecule has 0 spiro atoms. The number of hydrogen-bond donors (Lipinski definition) is 1. The van der Waals surface area contributed by atoms with Crippen LogP contribution in [0.5, 0.6) is 0 Å². The van der Waals surface area contributed by atoms with Crippen molar-refractivity contribution in [3.05, 3.63) is 76.9 Å². The second kappa shape index (κ2) is 10.6. The Kier molecular flexibility index (Phi) is 7.53. The largest absolute Gasteiger partial charge is 0.456 e. The average Bonchev–Trinajstić information content (AvgIpc) is 3.27. The molecule has 2 aromatic carbocycles. The van der Waals surface area contributed by atoms with Crippen LogP contribution in [-0.2, 0) is 14.8 Å². The first-order valence-corrected chi connectivity index (χ1v) is 16.6. The van der Waals surface area contributed by atoms with Gasteiger partial charge >= 0.3 is 12.1 Å². The molecule has 0 aromatic heterocycles. The van der Waals surface area contributed by atoms with Crippen LogP contribution in [0.25, 0.3) is 11.1 Å². The summed E-state index contributed by atoms with van der Waals surface area (Å²) in [7, 11) is -0.710. The van der Waals surface area contributed by atoms with Crippen LogP contribution in [0.1, 0.15) is 63.4 Å². The number of carbonyl (C=O) groups excluding carboxylic acids is 1. The van der Waals surface area contributed by atoms with Crippen molar-refractivity contribution >= 4 is 15.8 Å². The van der Waals surface area contributed by atoms with E-state index >= 15 is 8.78 Å². The van der Waals surface area contributed by atoms with E-state index in [1.165, 1.54) is 33.2 Å². The smallest absolute Gasteiger partial charge is 0.383 e. The van der Waals surface area contributed by atoms with Gasteiger partial charge in [0.05, 0.1) is 4.90 Å². The van der Waals surface area contributed by atoms with Gasteiger partial charge in [-0.15, -0.1) is 0 Å². The van der Waals surface area contributed by atoms with Crippen molar-refractivity contribution in [2.24, 2.45) is 17.3 Å². The zero-order valence-corrected chi connectivity index (χ0v) is 26.1. The molecule has 0 bridgehead atoms. The number of allylic oxidation sites excluding steroid dienone is 4. The number of halogens is 5. The maximum atomic E-state index is 15.2. The van der Waals surface area contributed by atoms with E-state index in [1.807, 2.05) is 24.3 Å². The minimum Gasteiger partial charge on any atom is -0.383 e. The van der Waals surface area contributed by atoms with Crippen molar-refractivity contribution in [1.29, 1.82) is 0 Å². The number of carbonyl (C=O) groups is 1. The lowest BCUT2D eigenvalue weighted by molar-refractivity contribution is -0.362. The molecule has 0 heterocycles. The fourth-order valence-corrected chi connectivity index (χ4v) is 9.55. The lowest BCUT2D eigenvalue weighted by Gasteiger charge is -2.56. The Morgan fingerprint density at radius 2 is 1.49 bits per heavy atom. The van der Waals surface area contributed by atoms with E-state index in [0.717, 1.165) is 37.7 Å². The number of nitrogens with zero attached hydrogens (tertiary/aromatic N) is 1. The second-order valence-corrected chi connectivity index (χ2v) is 15.6. The Balaban J connectivity index is 1.43. The zero-order chi connectivity index (χ0) is 32.7.